The smallest absolute Gasteiger partial charge is 0.0231 e. The molecular formula is C18H28N2. The summed E-state index contributed by atoms with van der Waals surface area (Å²) in [5.74, 6) is 0.960. The van der Waals surface area contributed by atoms with Crippen molar-refractivity contribution in [1.29, 1.82) is 0 Å². The first-order valence-corrected chi connectivity index (χ1v) is 8.21. The van der Waals surface area contributed by atoms with Crippen LogP contribution in [0, 0.1) is 12.8 Å². The van der Waals surface area contributed by atoms with Crippen LogP contribution >= 0.6 is 0 Å². The first-order chi connectivity index (χ1) is 9.70. The van der Waals surface area contributed by atoms with Crippen molar-refractivity contribution in [2.24, 2.45) is 5.92 Å². The van der Waals surface area contributed by atoms with E-state index in [2.05, 4.69) is 48.5 Å². The molecule has 110 valence electrons. The summed E-state index contributed by atoms with van der Waals surface area (Å²) in [5, 5.41) is 3.88. The minimum Gasteiger partial charge on any atom is -0.310 e. The molecule has 1 N–H and O–H groups in total. The molecule has 1 saturated carbocycles. The maximum absolute atomic E-state index is 3.88. The van der Waals surface area contributed by atoms with Crippen molar-refractivity contribution in [1.82, 2.24) is 10.2 Å². The highest BCUT2D eigenvalue weighted by molar-refractivity contribution is 5.21. The monoisotopic (exact) mass is 272 g/mol. The SMILES string of the molecule is Cc1ccc(CN(C)CC2CC3CCCCC3N2)cc1. The van der Waals surface area contributed by atoms with Gasteiger partial charge in [0.2, 0.25) is 0 Å². The van der Waals surface area contributed by atoms with Crippen molar-refractivity contribution < 1.29 is 0 Å². The summed E-state index contributed by atoms with van der Waals surface area (Å²) in [6.07, 6.45) is 7.14. The Kier molecular flexibility index (Phi) is 4.42. The molecule has 2 heteroatoms. The van der Waals surface area contributed by atoms with Crippen LogP contribution in [-0.2, 0) is 6.54 Å². The lowest BCUT2D eigenvalue weighted by Crippen LogP contribution is -2.39. The minimum absolute atomic E-state index is 0.707. The maximum Gasteiger partial charge on any atom is 0.0231 e. The predicted molar refractivity (Wildman–Crippen MR) is 84.8 cm³/mol. The quantitative estimate of drug-likeness (QED) is 0.904. The molecule has 1 aliphatic heterocycles. The predicted octanol–water partition coefficient (Wildman–Crippen LogP) is 3.35. The van der Waals surface area contributed by atoms with Crippen molar-refractivity contribution in [3.63, 3.8) is 0 Å². The van der Waals surface area contributed by atoms with E-state index in [9.17, 15) is 0 Å². The van der Waals surface area contributed by atoms with E-state index >= 15 is 0 Å². The Morgan fingerprint density at radius 1 is 1.15 bits per heavy atom. The van der Waals surface area contributed by atoms with Crippen molar-refractivity contribution in [3.8, 4) is 0 Å². The standard InChI is InChI=1S/C18H28N2/c1-14-7-9-15(10-8-14)12-20(2)13-17-11-16-5-3-4-6-18(16)19-17/h7-10,16-19H,3-6,11-13H2,1-2H3. The summed E-state index contributed by atoms with van der Waals surface area (Å²) in [6, 6.07) is 10.5. The second-order valence-electron chi connectivity index (χ2n) is 6.93. The van der Waals surface area contributed by atoms with Gasteiger partial charge in [0, 0.05) is 25.2 Å². The van der Waals surface area contributed by atoms with Gasteiger partial charge in [-0.2, -0.15) is 0 Å². The molecule has 3 unspecified atom stereocenters. The first kappa shape index (κ1) is 14.1. The number of aryl methyl sites for hydroxylation is 1. The third kappa shape index (κ3) is 3.42. The van der Waals surface area contributed by atoms with Crippen LogP contribution in [0.25, 0.3) is 0 Å². The fraction of sp³-hybridized carbons (Fsp3) is 0.667. The van der Waals surface area contributed by atoms with Crippen LogP contribution < -0.4 is 5.32 Å². The average molecular weight is 272 g/mol. The Bertz CT molecular complexity index is 412. The van der Waals surface area contributed by atoms with Gasteiger partial charge < -0.3 is 10.2 Å². The third-order valence-electron chi connectivity index (χ3n) is 5.05. The lowest BCUT2D eigenvalue weighted by molar-refractivity contribution is 0.288. The molecule has 0 bridgehead atoms. The molecule has 3 atom stereocenters. The molecule has 1 aromatic rings. The number of benzene rings is 1. The fourth-order valence-corrected chi connectivity index (χ4v) is 4.02. The topological polar surface area (TPSA) is 15.3 Å². The normalized spacial score (nSPS) is 29.6. The van der Waals surface area contributed by atoms with Gasteiger partial charge >= 0.3 is 0 Å². The number of likely N-dealkylation sites (N-methyl/N-ethyl adjacent to an activating group) is 1. The molecule has 0 amide bonds. The van der Waals surface area contributed by atoms with E-state index < -0.39 is 0 Å². The molecule has 0 radical (unpaired) electrons. The molecule has 0 spiro atoms. The summed E-state index contributed by atoms with van der Waals surface area (Å²) in [5.41, 5.74) is 2.77. The molecule has 0 aromatic heterocycles. The fourth-order valence-electron chi connectivity index (χ4n) is 4.02. The summed E-state index contributed by atoms with van der Waals surface area (Å²) in [6.45, 7) is 4.40. The van der Waals surface area contributed by atoms with Gasteiger partial charge in [-0.25, -0.2) is 0 Å². The van der Waals surface area contributed by atoms with E-state index in [-0.39, 0.29) is 0 Å². The van der Waals surface area contributed by atoms with Gasteiger partial charge in [-0.15, -0.1) is 0 Å². The highest BCUT2D eigenvalue weighted by Crippen LogP contribution is 2.33. The molecule has 1 aliphatic carbocycles. The zero-order valence-corrected chi connectivity index (χ0v) is 12.9. The van der Waals surface area contributed by atoms with E-state index in [0.717, 1.165) is 18.5 Å². The minimum atomic E-state index is 0.707. The molecule has 1 saturated heterocycles. The van der Waals surface area contributed by atoms with Crippen LogP contribution in [0.5, 0.6) is 0 Å². The molecule has 2 nitrogen and oxygen atoms in total. The van der Waals surface area contributed by atoms with Gasteiger partial charge in [-0.1, -0.05) is 42.7 Å². The Morgan fingerprint density at radius 3 is 2.65 bits per heavy atom. The first-order valence-electron chi connectivity index (χ1n) is 8.21. The summed E-state index contributed by atoms with van der Waals surface area (Å²) < 4.78 is 0. The number of hydrogen-bond donors (Lipinski definition) is 1. The van der Waals surface area contributed by atoms with Crippen molar-refractivity contribution >= 4 is 0 Å². The second kappa shape index (κ2) is 6.28. The van der Waals surface area contributed by atoms with Crippen LogP contribution in [0.1, 0.15) is 43.2 Å². The highest BCUT2D eigenvalue weighted by atomic mass is 15.1. The Balaban J connectivity index is 1.49. The van der Waals surface area contributed by atoms with E-state index in [0.29, 0.717) is 6.04 Å². The Morgan fingerprint density at radius 2 is 1.90 bits per heavy atom. The number of rotatable bonds is 4. The summed E-state index contributed by atoms with van der Waals surface area (Å²) in [7, 11) is 2.25. The van der Waals surface area contributed by atoms with Gasteiger partial charge in [0.05, 0.1) is 0 Å². The Hall–Kier alpha value is -0.860. The van der Waals surface area contributed by atoms with E-state index in [4.69, 9.17) is 0 Å². The Labute approximate surface area is 123 Å². The van der Waals surface area contributed by atoms with Crippen molar-refractivity contribution in [2.75, 3.05) is 13.6 Å². The summed E-state index contributed by atoms with van der Waals surface area (Å²) >= 11 is 0. The van der Waals surface area contributed by atoms with E-state index in [1.54, 1.807) is 0 Å². The third-order valence-corrected chi connectivity index (χ3v) is 5.05. The van der Waals surface area contributed by atoms with Crippen LogP contribution in [0.4, 0.5) is 0 Å². The molecule has 2 fully saturated rings. The molecule has 3 rings (SSSR count). The lowest BCUT2D eigenvalue weighted by Gasteiger charge is -2.24. The largest absolute Gasteiger partial charge is 0.310 e. The molecule has 2 aliphatic rings. The van der Waals surface area contributed by atoms with Crippen LogP contribution in [0.2, 0.25) is 0 Å². The number of nitrogens with zero attached hydrogens (tertiary/aromatic N) is 1. The summed E-state index contributed by atoms with van der Waals surface area (Å²) in [4.78, 5) is 2.47. The van der Waals surface area contributed by atoms with Crippen molar-refractivity contribution in [2.45, 2.75) is 57.7 Å². The van der Waals surface area contributed by atoms with Gasteiger partial charge in [0.1, 0.15) is 0 Å². The zero-order valence-electron chi connectivity index (χ0n) is 12.9. The van der Waals surface area contributed by atoms with Gasteiger partial charge in [0.15, 0.2) is 0 Å². The van der Waals surface area contributed by atoms with Crippen molar-refractivity contribution in [3.05, 3.63) is 35.4 Å². The van der Waals surface area contributed by atoms with Gasteiger partial charge in [-0.3, -0.25) is 0 Å². The highest BCUT2D eigenvalue weighted by Gasteiger charge is 2.35. The lowest BCUT2D eigenvalue weighted by atomic mass is 9.85. The zero-order chi connectivity index (χ0) is 13.9. The second-order valence-corrected chi connectivity index (χ2v) is 6.93. The molecule has 1 heterocycles. The number of hydrogen-bond acceptors (Lipinski definition) is 2. The molecule has 20 heavy (non-hydrogen) atoms. The molecule has 1 aromatic carbocycles. The number of nitrogens with one attached hydrogen (secondary N) is 1. The number of fused-ring (bicyclic) bond motifs is 1. The van der Waals surface area contributed by atoms with Crippen LogP contribution in [0.3, 0.4) is 0 Å². The molecular weight excluding hydrogens is 244 g/mol. The van der Waals surface area contributed by atoms with E-state index in [1.165, 1.54) is 49.8 Å². The van der Waals surface area contributed by atoms with Crippen LogP contribution in [0.15, 0.2) is 24.3 Å². The van der Waals surface area contributed by atoms with Gasteiger partial charge in [0.25, 0.3) is 0 Å². The van der Waals surface area contributed by atoms with Gasteiger partial charge in [-0.05, 0) is 44.7 Å². The van der Waals surface area contributed by atoms with Crippen LogP contribution in [-0.4, -0.2) is 30.6 Å². The van der Waals surface area contributed by atoms with E-state index in [1.807, 2.05) is 0 Å². The maximum atomic E-state index is 3.88. The average Bonchev–Trinajstić information content (AvgIpc) is 2.83.